The third kappa shape index (κ3) is 4.89. The smallest absolute Gasteiger partial charge is 0.373 e. The molecule has 0 aliphatic rings. The van der Waals surface area contributed by atoms with Crippen molar-refractivity contribution in [1.29, 1.82) is 0 Å². The van der Waals surface area contributed by atoms with Gasteiger partial charge in [-0.1, -0.05) is 17.9 Å². The monoisotopic (exact) mass is 361 g/mol. The largest absolute Gasteiger partial charge is 0.496 e. The molecule has 0 fully saturated rings. The molecule has 2 aromatic rings. The van der Waals surface area contributed by atoms with Crippen LogP contribution in [0.3, 0.4) is 0 Å². The minimum atomic E-state index is -1.41. The number of methoxy groups -OCH3 is 1. The minimum Gasteiger partial charge on any atom is -0.496 e. The SMILES string of the molecule is CCCCNc1nc(N)nc(C)c1Cc1cc([P+](C)=O)ccc1OC. The molecule has 134 valence electrons. The number of hydrogen-bond acceptors (Lipinski definition) is 6. The normalized spacial score (nSPS) is 11.3. The fourth-order valence-electron chi connectivity index (χ4n) is 2.65. The van der Waals surface area contributed by atoms with Crippen LogP contribution in [0.1, 0.15) is 36.6 Å². The molecule has 1 aromatic heterocycles. The second-order valence-electron chi connectivity index (χ2n) is 5.95. The van der Waals surface area contributed by atoms with Gasteiger partial charge >= 0.3 is 7.80 Å². The fourth-order valence-corrected chi connectivity index (χ4v) is 3.27. The molecule has 0 radical (unpaired) electrons. The third-order valence-corrected chi connectivity index (χ3v) is 5.05. The average Bonchev–Trinajstić information content (AvgIpc) is 2.57. The zero-order valence-electron chi connectivity index (χ0n) is 15.3. The molecule has 1 atom stereocenters. The van der Waals surface area contributed by atoms with E-state index in [2.05, 4.69) is 22.2 Å². The molecule has 1 aromatic carbocycles. The predicted octanol–water partition coefficient (Wildman–Crippen LogP) is 3.26. The van der Waals surface area contributed by atoms with Crippen molar-refractivity contribution in [2.75, 3.05) is 31.4 Å². The molecule has 0 aliphatic carbocycles. The highest BCUT2D eigenvalue weighted by Crippen LogP contribution is 2.28. The highest BCUT2D eigenvalue weighted by Gasteiger charge is 2.18. The van der Waals surface area contributed by atoms with Gasteiger partial charge in [-0.2, -0.15) is 4.98 Å². The quantitative estimate of drug-likeness (QED) is 0.554. The molecule has 0 saturated carbocycles. The summed E-state index contributed by atoms with van der Waals surface area (Å²) < 4.78 is 17.3. The summed E-state index contributed by atoms with van der Waals surface area (Å²) in [5.74, 6) is 1.78. The highest BCUT2D eigenvalue weighted by molar-refractivity contribution is 7.52. The molecule has 0 spiro atoms. The van der Waals surface area contributed by atoms with Crippen LogP contribution in [0.25, 0.3) is 0 Å². The van der Waals surface area contributed by atoms with E-state index in [1.807, 2.05) is 25.1 Å². The number of aryl methyl sites for hydroxylation is 1. The van der Waals surface area contributed by atoms with Crippen molar-refractivity contribution in [2.24, 2.45) is 0 Å². The molecule has 1 heterocycles. The molecular formula is C18H26N4O2P+. The van der Waals surface area contributed by atoms with Crippen molar-refractivity contribution in [3.05, 3.63) is 35.0 Å². The van der Waals surface area contributed by atoms with E-state index >= 15 is 0 Å². The van der Waals surface area contributed by atoms with Crippen molar-refractivity contribution < 1.29 is 9.30 Å². The van der Waals surface area contributed by atoms with E-state index in [-0.39, 0.29) is 5.95 Å². The van der Waals surface area contributed by atoms with Gasteiger partial charge in [0.05, 0.1) is 7.11 Å². The molecule has 2 rings (SSSR count). The van der Waals surface area contributed by atoms with E-state index < -0.39 is 7.80 Å². The van der Waals surface area contributed by atoms with Gasteiger partial charge in [0.1, 0.15) is 18.2 Å². The number of hydrogen-bond donors (Lipinski definition) is 2. The molecule has 0 bridgehead atoms. The Morgan fingerprint density at radius 2 is 2.08 bits per heavy atom. The Hall–Kier alpha value is -2.20. The molecule has 6 nitrogen and oxygen atoms in total. The second kappa shape index (κ2) is 8.77. The maximum Gasteiger partial charge on any atom is 0.373 e. The van der Waals surface area contributed by atoms with Gasteiger partial charge in [0, 0.05) is 29.8 Å². The summed E-state index contributed by atoms with van der Waals surface area (Å²) in [5, 5.41) is 4.17. The summed E-state index contributed by atoms with van der Waals surface area (Å²) in [4.78, 5) is 8.67. The molecule has 1 unspecified atom stereocenters. The molecule has 25 heavy (non-hydrogen) atoms. The summed E-state index contributed by atoms with van der Waals surface area (Å²) in [5.41, 5.74) is 8.59. The number of nitrogens with one attached hydrogen (secondary N) is 1. The van der Waals surface area contributed by atoms with E-state index in [0.29, 0.717) is 6.42 Å². The Morgan fingerprint density at radius 3 is 2.72 bits per heavy atom. The van der Waals surface area contributed by atoms with Gasteiger partial charge in [-0.3, -0.25) is 0 Å². The number of rotatable bonds is 8. The second-order valence-corrected chi connectivity index (χ2v) is 7.46. The Bertz CT molecular complexity index is 765. The number of anilines is 2. The standard InChI is InChI=1S/C18H26N4O2P/c1-5-6-9-20-17-15(12(2)21-18(19)22-17)11-13-10-14(25(4)23)7-8-16(13)24-3/h7-8,10H,5-6,9,11H2,1-4H3,(H3,19,20,21,22)/q+1. The zero-order chi connectivity index (χ0) is 18.4. The Balaban J connectivity index is 2.42. The van der Waals surface area contributed by atoms with Crippen LogP contribution >= 0.6 is 7.80 Å². The van der Waals surface area contributed by atoms with E-state index in [4.69, 9.17) is 10.5 Å². The maximum atomic E-state index is 11.9. The topological polar surface area (TPSA) is 90.1 Å². The first-order chi connectivity index (χ1) is 12.0. The third-order valence-electron chi connectivity index (χ3n) is 4.05. The van der Waals surface area contributed by atoms with Crippen LogP contribution < -0.4 is 21.1 Å². The summed E-state index contributed by atoms with van der Waals surface area (Å²) in [6.07, 6.45) is 2.74. The van der Waals surface area contributed by atoms with Gasteiger partial charge in [0.2, 0.25) is 5.95 Å². The van der Waals surface area contributed by atoms with Crippen LogP contribution in [-0.2, 0) is 11.0 Å². The summed E-state index contributed by atoms with van der Waals surface area (Å²) in [6, 6.07) is 5.63. The van der Waals surface area contributed by atoms with Crippen molar-refractivity contribution in [3.8, 4) is 5.75 Å². The molecular weight excluding hydrogens is 335 g/mol. The van der Waals surface area contributed by atoms with Gasteiger partial charge < -0.3 is 15.8 Å². The Morgan fingerprint density at radius 1 is 1.32 bits per heavy atom. The molecule has 3 N–H and O–H groups in total. The Kier molecular flexibility index (Phi) is 6.71. The van der Waals surface area contributed by atoms with Crippen LogP contribution in [0.5, 0.6) is 5.75 Å². The number of nitrogens with two attached hydrogens (primary N) is 1. The predicted molar refractivity (Wildman–Crippen MR) is 104 cm³/mol. The first-order valence-electron chi connectivity index (χ1n) is 8.40. The lowest BCUT2D eigenvalue weighted by Crippen LogP contribution is -2.12. The molecule has 0 saturated heterocycles. The van der Waals surface area contributed by atoms with Gasteiger partial charge in [-0.25, -0.2) is 4.98 Å². The number of nitrogens with zero attached hydrogens (tertiary/aromatic N) is 2. The van der Waals surface area contributed by atoms with E-state index in [0.717, 1.165) is 53.1 Å². The minimum absolute atomic E-state index is 0.262. The summed E-state index contributed by atoms with van der Waals surface area (Å²) in [7, 11) is 0.228. The van der Waals surface area contributed by atoms with Crippen LogP contribution in [0, 0.1) is 6.92 Å². The van der Waals surface area contributed by atoms with Crippen LogP contribution in [0.4, 0.5) is 11.8 Å². The van der Waals surface area contributed by atoms with E-state index in [1.165, 1.54) is 0 Å². The van der Waals surface area contributed by atoms with E-state index in [9.17, 15) is 4.57 Å². The lowest BCUT2D eigenvalue weighted by molar-refractivity contribution is 0.410. The average molecular weight is 361 g/mol. The van der Waals surface area contributed by atoms with Crippen molar-refractivity contribution in [2.45, 2.75) is 33.1 Å². The van der Waals surface area contributed by atoms with Crippen molar-refractivity contribution in [1.82, 2.24) is 9.97 Å². The number of ether oxygens (including phenoxy) is 1. The molecule has 0 amide bonds. The molecule has 0 aliphatic heterocycles. The van der Waals surface area contributed by atoms with Crippen molar-refractivity contribution >= 4 is 24.9 Å². The zero-order valence-corrected chi connectivity index (χ0v) is 16.2. The van der Waals surface area contributed by atoms with Crippen LogP contribution in [0.15, 0.2) is 18.2 Å². The van der Waals surface area contributed by atoms with Crippen LogP contribution in [-0.4, -0.2) is 30.3 Å². The summed E-state index contributed by atoms with van der Waals surface area (Å²) in [6.45, 7) is 6.60. The van der Waals surface area contributed by atoms with Gasteiger partial charge in [-0.05, 0) is 31.5 Å². The maximum absolute atomic E-state index is 11.9. The van der Waals surface area contributed by atoms with Gasteiger partial charge in [0.15, 0.2) is 5.30 Å². The van der Waals surface area contributed by atoms with Crippen molar-refractivity contribution in [3.63, 3.8) is 0 Å². The van der Waals surface area contributed by atoms with Gasteiger partial charge in [0.25, 0.3) is 0 Å². The number of unbranched alkanes of at least 4 members (excludes halogenated alkanes) is 1. The lowest BCUT2D eigenvalue weighted by Gasteiger charge is -2.15. The number of nitrogen functional groups attached to an aromatic ring is 1. The highest BCUT2D eigenvalue weighted by atomic mass is 31.1. The first-order valence-corrected chi connectivity index (χ1v) is 10.1. The van der Waals surface area contributed by atoms with Crippen LogP contribution in [0.2, 0.25) is 0 Å². The number of aromatic nitrogens is 2. The molecule has 7 heteroatoms. The summed E-state index contributed by atoms with van der Waals surface area (Å²) >= 11 is 0. The lowest BCUT2D eigenvalue weighted by atomic mass is 10.0. The number of benzene rings is 1. The van der Waals surface area contributed by atoms with Gasteiger partial charge in [-0.15, -0.1) is 0 Å². The Labute approximate surface area is 150 Å². The fraction of sp³-hybridized carbons (Fsp3) is 0.444. The first kappa shape index (κ1) is 19.1. The van der Waals surface area contributed by atoms with E-state index in [1.54, 1.807) is 13.8 Å².